The normalized spacial score (nSPS) is 10.3. The van der Waals surface area contributed by atoms with Gasteiger partial charge in [0, 0.05) is 20.1 Å². The van der Waals surface area contributed by atoms with Gasteiger partial charge in [-0.05, 0) is 35.3 Å². The molecule has 1 heterocycles. The maximum Gasteiger partial charge on any atom is 0.0314 e. The zero-order valence-corrected chi connectivity index (χ0v) is 8.81. The number of rotatable bonds is 2. The highest BCUT2D eigenvalue weighted by Gasteiger charge is 2.00. The standard InChI is InChI=1S/C7H8BrClS/c1-5-7(8)4-6(10-5)2-3-9/h4H,2-3H2,1H3. The molecule has 0 aliphatic heterocycles. The zero-order valence-electron chi connectivity index (χ0n) is 5.66. The number of aryl methyl sites for hydroxylation is 2. The zero-order chi connectivity index (χ0) is 7.56. The molecule has 1 aromatic rings. The first kappa shape index (κ1) is 8.57. The highest BCUT2D eigenvalue weighted by molar-refractivity contribution is 9.10. The van der Waals surface area contributed by atoms with Gasteiger partial charge in [0.2, 0.25) is 0 Å². The molecule has 0 unspecified atom stereocenters. The quantitative estimate of drug-likeness (QED) is 0.692. The Balaban J connectivity index is 2.77. The molecular formula is C7H8BrClS. The topological polar surface area (TPSA) is 0 Å². The van der Waals surface area contributed by atoms with E-state index in [1.807, 2.05) is 11.3 Å². The molecule has 0 saturated carbocycles. The molecule has 0 aromatic carbocycles. The minimum Gasteiger partial charge on any atom is -0.144 e. The molecule has 1 aromatic heterocycles. The minimum absolute atomic E-state index is 0.715. The van der Waals surface area contributed by atoms with Gasteiger partial charge in [-0.2, -0.15) is 0 Å². The average Bonchev–Trinajstić information content (AvgIpc) is 2.14. The second kappa shape index (κ2) is 3.74. The van der Waals surface area contributed by atoms with Crippen LogP contribution in [0.15, 0.2) is 10.5 Å². The average molecular weight is 240 g/mol. The van der Waals surface area contributed by atoms with Gasteiger partial charge in [-0.3, -0.25) is 0 Å². The molecule has 0 bridgehead atoms. The van der Waals surface area contributed by atoms with Gasteiger partial charge >= 0.3 is 0 Å². The van der Waals surface area contributed by atoms with Crippen LogP contribution in [0, 0.1) is 6.92 Å². The van der Waals surface area contributed by atoms with Gasteiger partial charge in [0.05, 0.1) is 0 Å². The molecule has 0 fully saturated rings. The summed E-state index contributed by atoms with van der Waals surface area (Å²) in [5.41, 5.74) is 0. The van der Waals surface area contributed by atoms with Crippen molar-refractivity contribution in [3.63, 3.8) is 0 Å². The molecule has 0 aliphatic carbocycles. The number of hydrogen-bond acceptors (Lipinski definition) is 1. The van der Waals surface area contributed by atoms with Crippen molar-refractivity contribution in [1.29, 1.82) is 0 Å². The van der Waals surface area contributed by atoms with Crippen LogP contribution in [0.3, 0.4) is 0 Å². The first-order valence-electron chi connectivity index (χ1n) is 3.05. The lowest BCUT2D eigenvalue weighted by molar-refractivity contribution is 1.20. The fourth-order valence-electron chi connectivity index (χ4n) is 0.734. The molecule has 0 radical (unpaired) electrons. The van der Waals surface area contributed by atoms with Crippen molar-refractivity contribution in [2.24, 2.45) is 0 Å². The van der Waals surface area contributed by atoms with E-state index in [2.05, 4.69) is 28.9 Å². The summed E-state index contributed by atoms with van der Waals surface area (Å²) in [5, 5.41) is 0. The van der Waals surface area contributed by atoms with Crippen molar-refractivity contribution in [3.05, 3.63) is 20.3 Å². The third-order valence-corrected chi connectivity index (χ3v) is 3.63. The fraction of sp³-hybridized carbons (Fsp3) is 0.429. The first-order valence-corrected chi connectivity index (χ1v) is 5.19. The molecule has 0 spiro atoms. The van der Waals surface area contributed by atoms with Gasteiger partial charge in [-0.25, -0.2) is 0 Å². The van der Waals surface area contributed by atoms with Crippen molar-refractivity contribution >= 4 is 38.9 Å². The van der Waals surface area contributed by atoms with E-state index in [-0.39, 0.29) is 0 Å². The number of halogens is 2. The Morgan fingerprint density at radius 2 is 2.40 bits per heavy atom. The SMILES string of the molecule is Cc1sc(CCCl)cc1Br. The minimum atomic E-state index is 0.715. The Bertz CT molecular complexity index is 200. The molecule has 0 atom stereocenters. The van der Waals surface area contributed by atoms with Crippen LogP contribution in [0.1, 0.15) is 9.75 Å². The fourth-order valence-corrected chi connectivity index (χ4v) is 2.65. The monoisotopic (exact) mass is 238 g/mol. The summed E-state index contributed by atoms with van der Waals surface area (Å²) in [6, 6.07) is 2.14. The van der Waals surface area contributed by atoms with E-state index in [0.29, 0.717) is 5.88 Å². The number of thiophene rings is 1. The van der Waals surface area contributed by atoms with Gasteiger partial charge in [0.25, 0.3) is 0 Å². The number of alkyl halides is 1. The molecule has 1 rings (SSSR count). The van der Waals surface area contributed by atoms with Crippen molar-refractivity contribution in [3.8, 4) is 0 Å². The highest BCUT2D eigenvalue weighted by atomic mass is 79.9. The highest BCUT2D eigenvalue weighted by Crippen LogP contribution is 2.26. The molecular weight excluding hydrogens is 232 g/mol. The maximum absolute atomic E-state index is 5.59. The van der Waals surface area contributed by atoms with E-state index in [4.69, 9.17) is 11.6 Å². The predicted octanol–water partition coefficient (Wildman–Crippen LogP) is 3.60. The molecule has 56 valence electrons. The molecule has 0 N–H and O–H groups in total. The Morgan fingerprint density at radius 1 is 1.70 bits per heavy atom. The largest absolute Gasteiger partial charge is 0.144 e. The van der Waals surface area contributed by atoms with E-state index in [1.165, 1.54) is 14.2 Å². The van der Waals surface area contributed by atoms with Crippen LogP contribution in [0.5, 0.6) is 0 Å². The van der Waals surface area contributed by atoms with Crippen LogP contribution in [-0.2, 0) is 6.42 Å². The summed E-state index contributed by atoms with van der Waals surface area (Å²) < 4.78 is 1.21. The third kappa shape index (κ3) is 1.97. The van der Waals surface area contributed by atoms with Gasteiger partial charge < -0.3 is 0 Å². The summed E-state index contributed by atoms with van der Waals surface area (Å²) in [7, 11) is 0. The van der Waals surface area contributed by atoms with Gasteiger partial charge in [-0.1, -0.05) is 0 Å². The predicted molar refractivity (Wildman–Crippen MR) is 51.2 cm³/mol. The second-order valence-corrected chi connectivity index (χ2v) is 4.63. The smallest absolute Gasteiger partial charge is 0.0314 e. The summed E-state index contributed by atoms with van der Waals surface area (Å²) in [5.74, 6) is 0.715. The van der Waals surface area contributed by atoms with Crippen molar-refractivity contribution in [2.75, 3.05) is 5.88 Å². The Hall–Kier alpha value is 0.470. The van der Waals surface area contributed by atoms with Crippen molar-refractivity contribution < 1.29 is 0 Å². The van der Waals surface area contributed by atoms with Gasteiger partial charge in [-0.15, -0.1) is 22.9 Å². The third-order valence-electron chi connectivity index (χ3n) is 1.25. The number of hydrogen-bond donors (Lipinski definition) is 0. The maximum atomic E-state index is 5.59. The summed E-state index contributed by atoms with van der Waals surface area (Å²) in [6.07, 6.45) is 0.985. The van der Waals surface area contributed by atoms with E-state index in [9.17, 15) is 0 Å². The molecule has 0 saturated heterocycles. The molecule has 3 heteroatoms. The van der Waals surface area contributed by atoms with Crippen LogP contribution in [0.4, 0.5) is 0 Å². The lowest BCUT2D eigenvalue weighted by atomic mass is 10.4. The van der Waals surface area contributed by atoms with Gasteiger partial charge in [0.1, 0.15) is 0 Å². The molecule has 0 aliphatic rings. The van der Waals surface area contributed by atoms with E-state index < -0.39 is 0 Å². The Morgan fingerprint density at radius 3 is 2.80 bits per heavy atom. The van der Waals surface area contributed by atoms with Crippen molar-refractivity contribution in [1.82, 2.24) is 0 Å². The molecule has 0 amide bonds. The summed E-state index contributed by atoms with van der Waals surface area (Å²) in [4.78, 5) is 2.69. The second-order valence-electron chi connectivity index (χ2n) is 2.06. The van der Waals surface area contributed by atoms with Crippen LogP contribution in [-0.4, -0.2) is 5.88 Å². The van der Waals surface area contributed by atoms with Crippen LogP contribution in [0.2, 0.25) is 0 Å². The lowest BCUT2D eigenvalue weighted by Crippen LogP contribution is -1.77. The molecule has 0 nitrogen and oxygen atoms in total. The van der Waals surface area contributed by atoms with Crippen molar-refractivity contribution in [2.45, 2.75) is 13.3 Å². The molecule has 10 heavy (non-hydrogen) atoms. The van der Waals surface area contributed by atoms with Gasteiger partial charge in [0.15, 0.2) is 0 Å². The van der Waals surface area contributed by atoms with Crippen LogP contribution in [0.25, 0.3) is 0 Å². The van der Waals surface area contributed by atoms with E-state index in [1.54, 1.807) is 0 Å². The Kier molecular flexibility index (Phi) is 3.21. The van der Waals surface area contributed by atoms with Crippen LogP contribution < -0.4 is 0 Å². The lowest BCUT2D eigenvalue weighted by Gasteiger charge is -1.85. The van der Waals surface area contributed by atoms with E-state index >= 15 is 0 Å². The Labute approximate surface area is 78.3 Å². The first-order chi connectivity index (χ1) is 4.74. The summed E-state index contributed by atoms with van der Waals surface area (Å²) in [6.45, 7) is 2.10. The van der Waals surface area contributed by atoms with E-state index in [0.717, 1.165) is 6.42 Å². The van der Waals surface area contributed by atoms with Crippen LogP contribution >= 0.6 is 38.9 Å². The summed E-state index contributed by atoms with van der Waals surface area (Å²) >= 11 is 10.8.